The van der Waals surface area contributed by atoms with Gasteiger partial charge in [-0.15, -0.1) is 0 Å². The van der Waals surface area contributed by atoms with Gasteiger partial charge in [-0.3, -0.25) is 0 Å². The molecule has 0 aliphatic rings. The van der Waals surface area contributed by atoms with Crippen LogP contribution in [0.4, 0.5) is 24.9 Å². The number of fused-ring (bicyclic) bond motifs is 1. The topological polar surface area (TPSA) is 140 Å². The summed E-state index contributed by atoms with van der Waals surface area (Å²) in [5.74, 6) is -0.0746. The monoisotopic (exact) mass is 595 g/mol. The van der Waals surface area contributed by atoms with Gasteiger partial charge in [0.15, 0.2) is 25.5 Å². The minimum atomic E-state index is -4.55. The number of halogens is 3. The van der Waals surface area contributed by atoms with E-state index in [1.165, 1.54) is 37.4 Å². The average Bonchev–Trinajstić information content (AvgIpc) is 2.88. The van der Waals surface area contributed by atoms with Gasteiger partial charge in [-0.1, -0.05) is 12.1 Å². The molecule has 0 bridgehead atoms. The van der Waals surface area contributed by atoms with Crippen LogP contribution in [0.1, 0.15) is 5.56 Å². The van der Waals surface area contributed by atoms with E-state index in [4.69, 9.17) is 4.74 Å². The number of hydrogen-bond acceptors (Lipinski definition) is 10. The van der Waals surface area contributed by atoms with Crippen molar-refractivity contribution in [3.05, 3.63) is 60.2 Å². The van der Waals surface area contributed by atoms with Crippen LogP contribution < -0.4 is 15.4 Å². The maximum atomic E-state index is 13.1. The molecule has 0 radical (unpaired) electrons. The van der Waals surface area contributed by atoms with E-state index >= 15 is 0 Å². The number of methoxy groups -OCH3 is 1. The molecule has 2 aromatic heterocycles. The van der Waals surface area contributed by atoms with Crippen LogP contribution in [0.15, 0.2) is 64.4 Å². The Hall–Kier alpha value is -3.98. The van der Waals surface area contributed by atoms with Gasteiger partial charge in [0.2, 0.25) is 5.95 Å². The number of anilines is 2. The first kappa shape index (κ1) is 29.0. The predicted octanol–water partition coefficient (Wildman–Crippen LogP) is 4.09. The lowest BCUT2D eigenvalue weighted by molar-refractivity contribution is -0.115. The molecular formula is C25H24F3N5O5S2. The van der Waals surface area contributed by atoms with Crippen molar-refractivity contribution in [3.63, 3.8) is 0 Å². The summed E-state index contributed by atoms with van der Waals surface area (Å²) in [4.78, 5) is 13.0. The molecule has 15 heteroatoms. The number of pyridine rings is 1. The largest absolute Gasteiger partial charge is 0.495 e. The van der Waals surface area contributed by atoms with Gasteiger partial charge in [-0.2, -0.15) is 18.2 Å². The van der Waals surface area contributed by atoms with Crippen LogP contribution >= 0.6 is 0 Å². The molecule has 0 atom stereocenters. The summed E-state index contributed by atoms with van der Waals surface area (Å²) in [6.07, 6.45) is -2.43. The van der Waals surface area contributed by atoms with E-state index in [-0.39, 0.29) is 50.6 Å². The van der Waals surface area contributed by atoms with Crippen molar-refractivity contribution in [1.29, 1.82) is 0 Å². The number of benzene rings is 2. The Kier molecular flexibility index (Phi) is 7.90. The zero-order valence-corrected chi connectivity index (χ0v) is 23.1. The smallest absolute Gasteiger partial charge is 0.405 e. The number of ether oxygens (including phenoxy) is 1. The summed E-state index contributed by atoms with van der Waals surface area (Å²) in [5, 5.41) is 5.16. The van der Waals surface area contributed by atoms with E-state index < -0.39 is 32.4 Å². The molecule has 4 rings (SSSR count). The molecule has 2 aromatic carbocycles. The van der Waals surface area contributed by atoms with Crippen LogP contribution in [0.2, 0.25) is 0 Å². The van der Waals surface area contributed by atoms with Gasteiger partial charge in [-0.05, 0) is 48.0 Å². The van der Waals surface area contributed by atoms with Crippen molar-refractivity contribution < 1.29 is 34.7 Å². The maximum absolute atomic E-state index is 13.1. The van der Waals surface area contributed by atoms with Crippen LogP contribution in [0, 0.1) is 0 Å². The molecule has 10 nitrogen and oxygen atoms in total. The number of sulfone groups is 2. The van der Waals surface area contributed by atoms with Gasteiger partial charge < -0.3 is 15.4 Å². The number of nitrogens with zero attached hydrogens (tertiary/aromatic N) is 3. The molecule has 212 valence electrons. The number of aromatic nitrogens is 3. The number of hydrogen-bond donors (Lipinski definition) is 2. The van der Waals surface area contributed by atoms with Gasteiger partial charge in [0, 0.05) is 24.6 Å². The highest BCUT2D eigenvalue weighted by Gasteiger charge is 2.27. The standard InChI is InChI=1S/C25H24F3N5O5S2/c1-38-20-10-7-16(12-21(20)40(3,36)37)18-8-9-19-22(31-18)23(30-14-25(26,27)28)33-24(32-19)29-13-15-5-4-6-17(11-15)39(2,34)35/h4-12H,13-14H2,1-3H3,(H2,29,30,32,33). The first-order chi connectivity index (χ1) is 18.6. The third kappa shape index (κ3) is 6.96. The average molecular weight is 596 g/mol. The number of rotatable bonds is 9. The molecule has 0 unspecified atom stereocenters. The molecule has 0 aliphatic heterocycles. The van der Waals surface area contributed by atoms with Gasteiger partial charge in [0.05, 0.1) is 23.2 Å². The van der Waals surface area contributed by atoms with E-state index in [0.717, 1.165) is 12.5 Å². The lowest BCUT2D eigenvalue weighted by Crippen LogP contribution is -2.22. The second-order valence-corrected chi connectivity index (χ2v) is 12.8. The molecule has 0 saturated carbocycles. The van der Waals surface area contributed by atoms with Crippen LogP contribution in [0.5, 0.6) is 5.75 Å². The fraction of sp³-hybridized carbons (Fsp3) is 0.240. The van der Waals surface area contributed by atoms with E-state index in [9.17, 15) is 30.0 Å². The normalized spacial score (nSPS) is 12.3. The summed E-state index contributed by atoms with van der Waals surface area (Å²) in [6, 6.07) is 13.7. The van der Waals surface area contributed by atoms with Crippen molar-refractivity contribution in [2.45, 2.75) is 22.5 Å². The van der Waals surface area contributed by atoms with E-state index in [1.807, 2.05) is 0 Å². The Morgan fingerprint density at radius 3 is 2.27 bits per heavy atom. The van der Waals surface area contributed by atoms with Crippen LogP contribution in [-0.2, 0) is 26.2 Å². The Balaban J connectivity index is 1.74. The highest BCUT2D eigenvalue weighted by Crippen LogP contribution is 2.31. The van der Waals surface area contributed by atoms with E-state index in [0.29, 0.717) is 11.1 Å². The molecule has 40 heavy (non-hydrogen) atoms. The quantitative estimate of drug-likeness (QED) is 0.291. The van der Waals surface area contributed by atoms with Gasteiger partial charge >= 0.3 is 6.18 Å². The number of alkyl halides is 3. The second kappa shape index (κ2) is 10.9. The molecule has 0 spiro atoms. The molecule has 4 aromatic rings. The minimum absolute atomic E-state index is 0.0136. The number of nitrogens with one attached hydrogen (secondary N) is 2. The van der Waals surface area contributed by atoms with Crippen molar-refractivity contribution in [3.8, 4) is 17.0 Å². The van der Waals surface area contributed by atoms with Gasteiger partial charge in [0.25, 0.3) is 0 Å². The molecule has 0 fully saturated rings. The molecular weight excluding hydrogens is 571 g/mol. The molecule has 2 N–H and O–H groups in total. The lowest BCUT2D eigenvalue weighted by Gasteiger charge is -2.14. The Morgan fingerprint density at radius 2 is 1.62 bits per heavy atom. The second-order valence-electron chi connectivity index (χ2n) is 8.84. The van der Waals surface area contributed by atoms with Crippen molar-refractivity contribution in [2.24, 2.45) is 0 Å². The van der Waals surface area contributed by atoms with Crippen LogP contribution in [0.25, 0.3) is 22.3 Å². The third-order valence-electron chi connectivity index (χ3n) is 5.63. The lowest BCUT2D eigenvalue weighted by atomic mass is 10.1. The summed E-state index contributed by atoms with van der Waals surface area (Å²) in [6.45, 7) is -1.29. The first-order valence-electron chi connectivity index (χ1n) is 11.5. The molecule has 0 saturated heterocycles. The fourth-order valence-corrected chi connectivity index (χ4v) is 5.30. The zero-order valence-electron chi connectivity index (χ0n) is 21.4. The zero-order chi connectivity index (χ0) is 29.3. The summed E-state index contributed by atoms with van der Waals surface area (Å²) in [5.41, 5.74) is 1.50. The Morgan fingerprint density at radius 1 is 0.875 bits per heavy atom. The fourth-order valence-electron chi connectivity index (χ4n) is 3.75. The first-order valence-corrected chi connectivity index (χ1v) is 15.3. The SMILES string of the molecule is COc1ccc(-c2ccc3nc(NCc4cccc(S(C)(=O)=O)c4)nc(NCC(F)(F)F)c3n2)cc1S(C)(=O)=O. The Bertz CT molecular complexity index is 1800. The van der Waals surface area contributed by atoms with Gasteiger partial charge in [0.1, 0.15) is 22.7 Å². The van der Waals surface area contributed by atoms with Crippen molar-refractivity contribution in [2.75, 3.05) is 36.8 Å². The van der Waals surface area contributed by atoms with Crippen molar-refractivity contribution in [1.82, 2.24) is 15.0 Å². The maximum Gasteiger partial charge on any atom is 0.405 e. The summed E-state index contributed by atoms with van der Waals surface area (Å²) in [7, 11) is -5.75. The summed E-state index contributed by atoms with van der Waals surface area (Å²) >= 11 is 0. The van der Waals surface area contributed by atoms with Crippen LogP contribution in [-0.4, -0.2) is 64.1 Å². The Labute approximate surface area is 228 Å². The molecule has 0 aliphatic carbocycles. The van der Waals surface area contributed by atoms with Crippen molar-refractivity contribution >= 4 is 42.5 Å². The predicted molar refractivity (Wildman–Crippen MR) is 144 cm³/mol. The van der Waals surface area contributed by atoms with Gasteiger partial charge in [-0.25, -0.2) is 26.8 Å². The van der Waals surface area contributed by atoms with E-state index in [1.54, 1.807) is 24.3 Å². The highest BCUT2D eigenvalue weighted by molar-refractivity contribution is 7.91. The van der Waals surface area contributed by atoms with Crippen LogP contribution in [0.3, 0.4) is 0 Å². The molecule has 0 amide bonds. The minimum Gasteiger partial charge on any atom is -0.495 e. The molecule has 2 heterocycles. The third-order valence-corrected chi connectivity index (χ3v) is 7.86. The van der Waals surface area contributed by atoms with E-state index in [2.05, 4.69) is 25.6 Å². The highest BCUT2D eigenvalue weighted by atomic mass is 32.2. The summed E-state index contributed by atoms with van der Waals surface area (Å²) < 4.78 is 92.5.